The van der Waals surface area contributed by atoms with E-state index >= 15 is 0 Å². The molecule has 1 aromatic carbocycles. The summed E-state index contributed by atoms with van der Waals surface area (Å²) in [7, 11) is 0. The lowest BCUT2D eigenvalue weighted by Gasteiger charge is -2.25. The van der Waals surface area contributed by atoms with Gasteiger partial charge >= 0.3 is 0 Å². The van der Waals surface area contributed by atoms with Crippen LogP contribution in [0.1, 0.15) is 38.7 Å². The van der Waals surface area contributed by atoms with Crippen LogP contribution in [-0.2, 0) is 0 Å². The van der Waals surface area contributed by atoms with Crippen molar-refractivity contribution in [3.63, 3.8) is 0 Å². The SMILES string of the molecule is Cc1c(N)cccc1N1CCCC(C(C)C)CC1. The number of nitrogen functional groups attached to an aromatic ring is 1. The van der Waals surface area contributed by atoms with Gasteiger partial charge in [-0.05, 0) is 55.7 Å². The van der Waals surface area contributed by atoms with Crippen LogP contribution in [0.5, 0.6) is 0 Å². The third-order valence-electron chi connectivity index (χ3n) is 4.40. The van der Waals surface area contributed by atoms with Gasteiger partial charge in [-0.25, -0.2) is 0 Å². The molecule has 1 aromatic rings. The molecule has 18 heavy (non-hydrogen) atoms. The zero-order valence-corrected chi connectivity index (χ0v) is 11.9. The molecular weight excluding hydrogens is 220 g/mol. The van der Waals surface area contributed by atoms with Gasteiger partial charge < -0.3 is 10.6 Å². The topological polar surface area (TPSA) is 29.3 Å². The third kappa shape index (κ3) is 2.80. The van der Waals surface area contributed by atoms with E-state index in [2.05, 4.69) is 37.8 Å². The smallest absolute Gasteiger partial charge is 0.0416 e. The first-order valence-electron chi connectivity index (χ1n) is 7.19. The van der Waals surface area contributed by atoms with Gasteiger partial charge in [-0.15, -0.1) is 0 Å². The Morgan fingerprint density at radius 3 is 2.72 bits per heavy atom. The van der Waals surface area contributed by atoms with E-state index in [-0.39, 0.29) is 0 Å². The van der Waals surface area contributed by atoms with Gasteiger partial charge in [-0.3, -0.25) is 0 Å². The van der Waals surface area contributed by atoms with Crippen molar-refractivity contribution in [2.75, 3.05) is 23.7 Å². The van der Waals surface area contributed by atoms with Crippen molar-refractivity contribution < 1.29 is 0 Å². The molecule has 1 saturated heterocycles. The Balaban J connectivity index is 2.12. The number of hydrogen-bond acceptors (Lipinski definition) is 2. The average Bonchev–Trinajstić information content (AvgIpc) is 2.58. The Morgan fingerprint density at radius 2 is 2.00 bits per heavy atom. The molecule has 1 aliphatic rings. The van der Waals surface area contributed by atoms with Gasteiger partial charge in [0.05, 0.1) is 0 Å². The van der Waals surface area contributed by atoms with Crippen LogP contribution in [0.2, 0.25) is 0 Å². The first-order chi connectivity index (χ1) is 8.59. The lowest BCUT2D eigenvalue weighted by atomic mass is 9.89. The van der Waals surface area contributed by atoms with Crippen molar-refractivity contribution >= 4 is 11.4 Å². The van der Waals surface area contributed by atoms with E-state index in [1.807, 2.05) is 6.07 Å². The normalized spacial score (nSPS) is 21.1. The molecule has 0 spiro atoms. The van der Waals surface area contributed by atoms with Gasteiger partial charge in [-0.2, -0.15) is 0 Å². The van der Waals surface area contributed by atoms with Crippen LogP contribution < -0.4 is 10.6 Å². The van der Waals surface area contributed by atoms with Crippen LogP contribution in [0, 0.1) is 18.8 Å². The standard InChI is InChI=1S/C16H26N2/c1-12(2)14-6-5-10-18(11-9-14)16-8-4-7-15(17)13(16)3/h4,7-8,12,14H,5-6,9-11,17H2,1-3H3. The van der Waals surface area contributed by atoms with Crippen LogP contribution in [0.15, 0.2) is 18.2 Å². The van der Waals surface area contributed by atoms with Gasteiger partial charge in [-0.1, -0.05) is 19.9 Å². The largest absolute Gasteiger partial charge is 0.398 e. The zero-order chi connectivity index (χ0) is 13.1. The van der Waals surface area contributed by atoms with E-state index in [0.717, 1.165) is 17.5 Å². The second-order valence-electron chi connectivity index (χ2n) is 5.91. The van der Waals surface area contributed by atoms with Crippen LogP contribution >= 0.6 is 0 Å². The molecule has 1 aliphatic heterocycles. The fourth-order valence-electron chi connectivity index (χ4n) is 3.01. The van der Waals surface area contributed by atoms with E-state index in [4.69, 9.17) is 5.73 Å². The highest BCUT2D eigenvalue weighted by Crippen LogP contribution is 2.30. The molecule has 0 radical (unpaired) electrons. The fourth-order valence-corrected chi connectivity index (χ4v) is 3.01. The molecule has 2 rings (SSSR count). The summed E-state index contributed by atoms with van der Waals surface area (Å²) in [5, 5.41) is 0. The maximum Gasteiger partial charge on any atom is 0.0416 e. The molecule has 2 nitrogen and oxygen atoms in total. The highest BCUT2D eigenvalue weighted by atomic mass is 15.1. The summed E-state index contributed by atoms with van der Waals surface area (Å²) in [5.41, 5.74) is 9.50. The minimum absolute atomic E-state index is 0.812. The minimum Gasteiger partial charge on any atom is -0.398 e. The Bertz CT molecular complexity index is 398. The molecule has 1 atom stereocenters. The van der Waals surface area contributed by atoms with Crippen molar-refractivity contribution in [1.82, 2.24) is 0 Å². The molecule has 1 heterocycles. The maximum absolute atomic E-state index is 6.02. The van der Waals surface area contributed by atoms with Crippen molar-refractivity contribution in [2.24, 2.45) is 11.8 Å². The monoisotopic (exact) mass is 246 g/mol. The molecule has 0 saturated carbocycles. The van der Waals surface area contributed by atoms with Crippen molar-refractivity contribution in [1.29, 1.82) is 0 Å². The summed E-state index contributed by atoms with van der Waals surface area (Å²) >= 11 is 0. The quantitative estimate of drug-likeness (QED) is 0.803. The van der Waals surface area contributed by atoms with Gasteiger partial charge in [0.1, 0.15) is 0 Å². The summed E-state index contributed by atoms with van der Waals surface area (Å²) in [6, 6.07) is 6.28. The first-order valence-corrected chi connectivity index (χ1v) is 7.19. The first kappa shape index (κ1) is 13.3. The Hall–Kier alpha value is -1.18. The number of nitrogens with two attached hydrogens (primary N) is 1. The molecule has 0 aromatic heterocycles. The minimum atomic E-state index is 0.812. The van der Waals surface area contributed by atoms with E-state index in [9.17, 15) is 0 Å². The zero-order valence-electron chi connectivity index (χ0n) is 11.9. The summed E-state index contributed by atoms with van der Waals surface area (Å²) in [4.78, 5) is 2.52. The summed E-state index contributed by atoms with van der Waals surface area (Å²) in [6.07, 6.45) is 3.98. The number of hydrogen-bond donors (Lipinski definition) is 1. The average molecular weight is 246 g/mol. The molecule has 1 unspecified atom stereocenters. The number of rotatable bonds is 2. The van der Waals surface area contributed by atoms with Crippen molar-refractivity contribution in [3.05, 3.63) is 23.8 Å². The molecule has 2 N–H and O–H groups in total. The van der Waals surface area contributed by atoms with Crippen LogP contribution in [-0.4, -0.2) is 13.1 Å². The highest BCUT2D eigenvalue weighted by Gasteiger charge is 2.20. The van der Waals surface area contributed by atoms with Crippen LogP contribution in [0.4, 0.5) is 11.4 Å². The highest BCUT2D eigenvalue weighted by molar-refractivity contribution is 5.64. The number of benzene rings is 1. The molecule has 0 aliphatic carbocycles. The van der Waals surface area contributed by atoms with E-state index < -0.39 is 0 Å². The summed E-state index contributed by atoms with van der Waals surface area (Å²) < 4.78 is 0. The second kappa shape index (κ2) is 5.64. The Kier molecular flexibility index (Phi) is 4.15. The van der Waals surface area contributed by atoms with Crippen molar-refractivity contribution in [3.8, 4) is 0 Å². The number of nitrogens with zero attached hydrogens (tertiary/aromatic N) is 1. The number of anilines is 2. The summed E-state index contributed by atoms with van der Waals surface area (Å²) in [6.45, 7) is 9.19. The molecule has 0 bridgehead atoms. The van der Waals surface area contributed by atoms with Gasteiger partial charge in [0.25, 0.3) is 0 Å². The Morgan fingerprint density at radius 1 is 1.22 bits per heavy atom. The lowest BCUT2D eigenvalue weighted by Crippen LogP contribution is -2.25. The van der Waals surface area contributed by atoms with E-state index in [1.165, 1.54) is 43.6 Å². The van der Waals surface area contributed by atoms with Crippen molar-refractivity contribution in [2.45, 2.75) is 40.0 Å². The van der Waals surface area contributed by atoms with Crippen LogP contribution in [0.25, 0.3) is 0 Å². The van der Waals surface area contributed by atoms with Gasteiger partial charge in [0.2, 0.25) is 0 Å². The van der Waals surface area contributed by atoms with Crippen LogP contribution in [0.3, 0.4) is 0 Å². The van der Waals surface area contributed by atoms with E-state index in [1.54, 1.807) is 0 Å². The van der Waals surface area contributed by atoms with E-state index in [0.29, 0.717) is 0 Å². The molecular formula is C16H26N2. The molecule has 0 amide bonds. The predicted molar refractivity (Wildman–Crippen MR) is 80.0 cm³/mol. The third-order valence-corrected chi connectivity index (χ3v) is 4.40. The second-order valence-corrected chi connectivity index (χ2v) is 5.91. The maximum atomic E-state index is 6.02. The van der Waals surface area contributed by atoms with Gasteiger partial charge in [0, 0.05) is 24.5 Å². The fraction of sp³-hybridized carbons (Fsp3) is 0.625. The summed E-state index contributed by atoms with van der Waals surface area (Å²) in [5.74, 6) is 1.70. The predicted octanol–water partition coefficient (Wildman–Crippen LogP) is 3.84. The van der Waals surface area contributed by atoms with Gasteiger partial charge in [0.15, 0.2) is 0 Å². The lowest BCUT2D eigenvalue weighted by molar-refractivity contribution is 0.351. The Labute approximate surface area is 111 Å². The molecule has 1 fully saturated rings. The molecule has 2 heteroatoms. The molecule has 100 valence electrons.